The number of rotatable bonds is 3. The lowest BCUT2D eigenvalue weighted by Gasteiger charge is -2.40. The molecule has 3 atom stereocenters. The molecule has 2 fully saturated rings. The maximum absolute atomic E-state index is 6.26. The Morgan fingerprint density at radius 2 is 1.65 bits per heavy atom. The molecule has 128 valence electrons. The minimum absolute atomic E-state index is 0.00446. The molecule has 2 aliphatic rings. The first-order valence-electron chi connectivity index (χ1n) is 8.88. The standard InChI is InChI=1S/C21H32O2/c1-18(2,3)16-10-8-15(9-11-16)14-22-17-12-19(4,5)21(7)20(6,13-17)23-21/h8-11,17H,12-14H2,1-7H3/t17-,20+,21-/m0/s1. The van der Waals surface area contributed by atoms with Crippen LogP contribution in [-0.2, 0) is 21.5 Å². The van der Waals surface area contributed by atoms with Gasteiger partial charge in [-0.05, 0) is 42.2 Å². The smallest absolute Gasteiger partial charge is 0.100 e. The van der Waals surface area contributed by atoms with Crippen molar-refractivity contribution in [3.8, 4) is 0 Å². The van der Waals surface area contributed by atoms with Gasteiger partial charge in [-0.2, -0.15) is 0 Å². The Labute approximate surface area is 141 Å². The van der Waals surface area contributed by atoms with Gasteiger partial charge in [0.05, 0.1) is 18.3 Å². The highest BCUT2D eigenvalue weighted by Gasteiger charge is 2.73. The van der Waals surface area contributed by atoms with Gasteiger partial charge >= 0.3 is 0 Å². The zero-order valence-corrected chi connectivity index (χ0v) is 15.8. The van der Waals surface area contributed by atoms with Crippen LogP contribution >= 0.6 is 0 Å². The third kappa shape index (κ3) is 2.85. The Balaban J connectivity index is 1.61. The van der Waals surface area contributed by atoms with Gasteiger partial charge < -0.3 is 9.47 Å². The van der Waals surface area contributed by atoms with Gasteiger partial charge in [0.25, 0.3) is 0 Å². The molecule has 1 heterocycles. The average Bonchev–Trinajstić information content (AvgIpc) is 3.00. The van der Waals surface area contributed by atoms with Crippen LogP contribution in [0.1, 0.15) is 72.4 Å². The summed E-state index contributed by atoms with van der Waals surface area (Å²) in [6, 6.07) is 8.86. The van der Waals surface area contributed by atoms with Crippen LogP contribution in [-0.4, -0.2) is 17.3 Å². The zero-order chi connectivity index (χ0) is 17.1. The lowest BCUT2D eigenvalue weighted by atomic mass is 9.64. The van der Waals surface area contributed by atoms with E-state index >= 15 is 0 Å². The first kappa shape index (κ1) is 17.0. The number of epoxide rings is 1. The number of fused-ring (bicyclic) bond motifs is 1. The minimum Gasteiger partial charge on any atom is -0.373 e. The van der Waals surface area contributed by atoms with Crippen molar-refractivity contribution in [1.82, 2.24) is 0 Å². The molecule has 0 amide bonds. The Kier molecular flexibility index (Phi) is 3.74. The van der Waals surface area contributed by atoms with Gasteiger partial charge in [-0.25, -0.2) is 0 Å². The summed E-state index contributed by atoms with van der Waals surface area (Å²) in [7, 11) is 0. The van der Waals surface area contributed by atoms with Gasteiger partial charge in [0, 0.05) is 6.42 Å². The van der Waals surface area contributed by atoms with Gasteiger partial charge in [-0.15, -0.1) is 0 Å². The van der Waals surface area contributed by atoms with E-state index in [-0.39, 0.29) is 28.1 Å². The Morgan fingerprint density at radius 3 is 2.17 bits per heavy atom. The maximum Gasteiger partial charge on any atom is 0.100 e. The predicted octanol–water partition coefficient (Wildman–Crippen LogP) is 5.24. The molecular weight excluding hydrogens is 284 g/mol. The molecule has 1 aromatic rings. The van der Waals surface area contributed by atoms with Gasteiger partial charge in [0.15, 0.2) is 0 Å². The van der Waals surface area contributed by atoms with Crippen molar-refractivity contribution in [1.29, 1.82) is 0 Å². The van der Waals surface area contributed by atoms with E-state index in [1.807, 2.05) is 0 Å². The molecule has 1 saturated carbocycles. The topological polar surface area (TPSA) is 21.8 Å². The third-order valence-electron chi connectivity index (χ3n) is 6.35. The van der Waals surface area contributed by atoms with Crippen molar-refractivity contribution in [2.75, 3.05) is 0 Å². The second kappa shape index (κ2) is 5.07. The predicted molar refractivity (Wildman–Crippen MR) is 94.6 cm³/mol. The average molecular weight is 316 g/mol. The van der Waals surface area contributed by atoms with Gasteiger partial charge in [0.1, 0.15) is 5.60 Å². The molecule has 0 spiro atoms. The molecule has 1 aromatic carbocycles. The fraction of sp³-hybridized carbons (Fsp3) is 0.714. The van der Waals surface area contributed by atoms with Crippen LogP contribution in [0.5, 0.6) is 0 Å². The Hall–Kier alpha value is -0.860. The number of ether oxygens (including phenoxy) is 2. The van der Waals surface area contributed by atoms with Crippen molar-refractivity contribution < 1.29 is 9.47 Å². The SMILES string of the molecule is CC(C)(C)c1ccc(CO[C@H]2CC(C)(C)[C@]3(C)O[C@]3(C)C2)cc1. The molecule has 23 heavy (non-hydrogen) atoms. The summed E-state index contributed by atoms with van der Waals surface area (Å²) in [4.78, 5) is 0. The van der Waals surface area contributed by atoms with Crippen molar-refractivity contribution in [2.45, 2.75) is 90.6 Å². The molecule has 2 heteroatoms. The first-order chi connectivity index (χ1) is 10.5. The van der Waals surface area contributed by atoms with Crippen LogP contribution in [0.2, 0.25) is 0 Å². The fourth-order valence-electron chi connectivity index (χ4n) is 4.22. The van der Waals surface area contributed by atoms with Crippen molar-refractivity contribution >= 4 is 0 Å². The molecular formula is C21H32O2. The van der Waals surface area contributed by atoms with E-state index in [1.54, 1.807) is 0 Å². The summed E-state index contributed by atoms with van der Waals surface area (Å²) >= 11 is 0. The van der Waals surface area contributed by atoms with Crippen LogP contribution in [0, 0.1) is 5.41 Å². The molecule has 2 nitrogen and oxygen atoms in total. The highest BCUT2D eigenvalue weighted by atomic mass is 16.6. The van der Waals surface area contributed by atoms with Crippen molar-refractivity contribution in [2.24, 2.45) is 5.41 Å². The van der Waals surface area contributed by atoms with Crippen LogP contribution in [0.4, 0.5) is 0 Å². The lowest BCUT2D eigenvalue weighted by molar-refractivity contribution is -0.0268. The fourth-order valence-corrected chi connectivity index (χ4v) is 4.22. The molecule has 1 aliphatic carbocycles. The number of benzene rings is 1. The molecule has 0 aromatic heterocycles. The molecule has 0 radical (unpaired) electrons. The first-order valence-corrected chi connectivity index (χ1v) is 8.88. The van der Waals surface area contributed by atoms with E-state index in [9.17, 15) is 0 Å². The van der Waals surface area contributed by atoms with Crippen molar-refractivity contribution in [3.63, 3.8) is 0 Å². The maximum atomic E-state index is 6.26. The Bertz CT molecular complexity index is 581. The van der Waals surface area contributed by atoms with Gasteiger partial charge in [0.2, 0.25) is 0 Å². The second-order valence-corrected chi connectivity index (χ2v) is 9.54. The van der Waals surface area contributed by atoms with E-state index in [0.29, 0.717) is 6.61 Å². The highest BCUT2D eigenvalue weighted by Crippen LogP contribution is 2.65. The van der Waals surface area contributed by atoms with E-state index < -0.39 is 0 Å². The monoisotopic (exact) mass is 316 g/mol. The quantitative estimate of drug-likeness (QED) is 0.712. The third-order valence-corrected chi connectivity index (χ3v) is 6.35. The lowest BCUT2D eigenvalue weighted by Crippen LogP contribution is -2.46. The highest BCUT2D eigenvalue weighted by molar-refractivity contribution is 5.27. The molecule has 0 unspecified atom stereocenters. The Morgan fingerprint density at radius 1 is 1.04 bits per heavy atom. The van der Waals surface area contributed by atoms with Crippen molar-refractivity contribution in [3.05, 3.63) is 35.4 Å². The molecule has 0 N–H and O–H groups in total. The largest absolute Gasteiger partial charge is 0.373 e. The summed E-state index contributed by atoms with van der Waals surface area (Å²) in [5.41, 5.74) is 3.01. The summed E-state index contributed by atoms with van der Waals surface area (Å²) < 4.78 is 12.4. The summed E-state index contributed by atoms with van der Waals surface area (Å²) in [6.07, 6.45) is 2.36. The summed E-state index contributed by atoms with van der Waals surface area (Å²) in [5, 5.41) is 0. The van der Waals surface area contributed by atoms with E-state index in [4.69, 9.17) is 9.47 Å². The molecule has 0 bridgehead atoms. The summed E-state index contributed by atoms with van der Waals surface area (Å²) in [6.45, 7) is 16.6. The van der Waals surface area contributed by atoms with Crippen LogP contribution < -0.4 is 0 Å². The molecule has 3 rings (SSSR count). The van der Waals surface area contributed by atoms with E-state index in [1.165, 1.54) is 11.1 Å². The van der Waals surface area contributed by atoms with Crippen LogP contribution in [0.3, 0.4) is 0 Å². The van der Waals surface area contributed by atoms with E-state index in [0.717, 1.165) is 12.8 Å². The molecule has 1 aliphatic heterocycles. The number of hydrogen-bond donors (Lipinski definition) is 0. The zero-order valence-electron chi connectivity index (χ0n) is 15.8. The van der Waals surface area contributed by atoms with E-state index in [2.05, 4.69) is 72.7 Å². The minimum atomic E-state index is -0.00446. The molecule has 1 saturated heterocycles. The summed E-state index contributed by atoms with van der Waals surface area (Å²) in [5.74, 6) is 0. The van der Waals surface area contributed by atoms with Crippen LogP contribution in [0.25, 0.3) is 0 Å². The van der Waals surface area contributed by atoms with Gasteiger partial charge in [-0.1, -0.05) is 58.9 Å². The second-order valence-electron chi connectivity index (χ2n) is 9.54. The normalized spacial score (nSPS) is 35.7. The van der Waals surface area contributed by atoms with Gasteiger partial charge in [-0.3, -0.25) is 0 Å². The van der Waals surface area contributed by atoms with Crippen LogP contribution in [0.15, 0.2) is 24.3 Å². The number of hydrogen-bond acceptors (Lipinski definition) is 2.